The lowest BCUT2D eigenvalue weighted by molar-refractivity contribution is -0.124. The van der Waals surface area contributed by atoms with Crippen molar-refractivity contribution in [3.8, 4) is 5.75 Å². The zero-order valence-corrected chi connectivity index (χ0v) is 20.3. The first kappa shape index (κ1) is 24.0. The van der Waals surface area contributed by atoms with Gasteiger partial charge in [-0.1, -0.05) is 11.6 Å². The fraction of sp³-hybridized carbons (Fsp3) is 0.333. The molecule has 2 aliphatic rings. The van der Waals surface area contributed by atoms with Crippen molar-refractivity contribution in [1.82, 2.24) is 4.90 Å². The van der Waals surface area contributed by atoms with E-state index in [2.05, 4.69) is 5.32 Å². The second-order valence-electron chi connectivity index (χ2n) is 7.98. The number of esters is 1. The molecule has 1 N–H and O–H groups in total. The molecule has 2 aromatic carbocycles. The summed E-state index contributed by atoms with van der Waals surface area (Å²) in [6.07, 6.45) is 1.77. The first-order chi connectivity index (χ1) is 16.3. The maximum absolute atomic E-state index is 13.4. The van der Waals surface area contributed by atoms with Gasteiger partial charge in [0.15, 0.2) is 5.11 Å². The zero-order valence-electron chi connectivity index (χ0n) is 18.7. The van der Waals surface area contributed by atoms with Crippen LogP contribution in [0.2, 0.25) is 5.02 Å². The van der Waals surface area contributed by atoms with Crippen molar-refractivity contribution in [2.75, 3.05) is 23.9 Å². The van der Waals surface area contributed by atoms with Gasteiger partial charge in [-0.2, -0.15) is 0 Å². The summed E-state index contributed by atoms with van der Waals surface area (Å²) in [4.78, 5) is 41.3. The smallest absolute Gasteiger partial charge is 0.338 e. The van der Waals surface area contributed by atoms with E-state index in [-0.39, 0.29) is 30.9 Å². The molecule has 34 heavy (non-hydrogen) atoms. The zero-order chi connectivity index (χ0) is 24.4. The monoisotopic (exact) mass is 501 g/mol. The number of rotatable bonds is 8. The van der Waals surface area contributed by atoms with Gasteiger partial charge in [-0.15, -0.1) is 0 Å². The number of hydrogen-bond donors (Lipinski definition) is 1. The van der Waals surface area contributed by atoms with Crippen molar-refractivity contribution in [2.45, 2.75) is 38.3 Å². The fourth-order valence-corrected chi connectivity index (χ4v) is 4.61. The van der Waals surface area contributed by atoms with Crippen molar-refractivity contribution >= 4 is 58.1 Å². The molecule has 0 bridgehead atoms. The van der Waals surface area contributed by atoms with Gasteiger partial charge in [0, 0.05) is 11.7 Å². The predicted molar refractivity (Wildman–Crippen MR) is 132 cm³/mol. The van der Waals surface area contributed by atoms with Crippen LogP contribution in [0.1, 0.15) is 36.5 Å². The first-order valence-corrected chi connectivity index (χ1v) is 11.7. The molecule has 1 aliphatic heterocycles. The van der Waals surface area contributed by atoms with Crippen molar-refractivity contribution in [2.24, 2.45) is 0 Å². The van der Waals surface area contributed by atoms with Gasteiger partial charge in [0.25, 0.3) is 5.91 Å². The van der Waals surface area contributed by atoms with E-state index in [0.29, 0.717) is 32.8 Å². The van der Waals surface area contributed by atoms with Gasteiger partial charge in [-0.05, 0) is 74.4 Å². The number of thiocarbonyl (C=S) groups is 1. The van der Waals surface area contributed by atoms with E-state index in [9.17, 15) is 14.4 Å². The highest BCUT2D eigenvalue weighted by Gasteiger charge is 2.49. The topological polar surface area (TPSA) is 88.2 Å². The second kappa shape index (κ2) is 9.99. The van der Waals surface area contributed by atoms with E-state index >= 15 is 0 Å². The van der Waals surface area contributed by atoms with E-state index < -0.39 is 12.0 Å². The van der Waals surface area contributed by atoms with Crippen molar-refractivity contribution < 1.29 is 23.9 Å². The molecule has 1 heterocycles. The predicted octanol–water partition coefficient (Wildman–Crippen LogP) is 4.02. The average molecular weight is 502 g/mol. The molecular formula is C24H24ClN3O5S. The number of benzene rings is 2. The SMILES string of the molecule is CCOC(=O)c1ccc(NC(=O)C[C@@H]2C(=O)N(c3ccc(OC)c(Cl)c3)C(=S)N2C2CC2)cc1. The van der Waals surface area contributed by atoms with Gasteiger partial charge < -0.3 is 19.7 Å². The number of hydrogen-bond acceptors (Lipinski definition) is 6. The lowest BCUT2D eigenvalue weighted by atomic mass is 10.1. The molecule has 0 radical (unpaired) electrons. The highest BCUT2D eigenvalue weighted by atomic mass is 35.5. The molecule has 1 aliphatic carbocycles. The van der Waals surface area contributed by atoms with E-state index in [1.54, 1.807) is 49.4 Å². The highest BCUT2D eigenvalue weighted by molar-refractivity contribution is 7.80. The number of amides is 2. The van der Waals surface area contributed by atoms with Crippen LogP contribution >= 0.6 is 23.8 Å². The van der Waals surface area contributed by atoms with Crippen molar-refractivity contribution in [3.05, 3.63) is 53.1 Å². The van der Waals surface area contributed by atoms with Crippen LogP contribution in [0.4, 0.5) is 11.4 Å². The Balaban J connectivity index is 1.48. The molecule has 0 aromatic heterocycles. The number of nitrogens with one attached hydrogen (secondary N) is 1. The molecular weight excluding hydrogens is 478 g/mol. The van der Waals surface area contributed by atoms with Crippen molar-refractivity contribution in [3.63, 3.8) is 0 Å². The Hall–Kier alpha value is -3.17. The second-order valence-corrected chi connectivity index (χ2v) is 8.75. The molecule has 2 fully saturated rings. The number of anilines is 2. The Kier molecular flexibility index (Phi) is 7.04. The quantitative estimate of drug-likeness (QED) is 0.431. The molecule has 1 saturated heterocycles. The summed E-state index contributed by atoms with van der Waals surface area (Å²) in [5.74, 6) is -0.535. The Labute approximate surface area is 207 Å². The number of ether oxygens (including phenoxy) is 2. The molecule has 178 valence electrons. The molecule has 10 heteroatoms. The number of carbonyl (C=O) groups excluding carboxylic acids is 3. The highest BCUT2D eigenvalue weighted by Crippen LogP contribution is 2.38. The van der Waals surface area contributed by atoms with Crippen LogP contribution in [-0.4, -0.2) is 53.6 Å². The van der Waals surface area contributed by atoms with Gasteiger partial charge >= 0.3 is 5.97 Å². The number of nitrogens with zero attached hydrogens (tertiary/aromatic N) is 2. The maximum Gasteiger partial charge on any atom is 0.338 e. The summed E-state index contributed by atoms with van der Waals surface area (Å²) in [5.41, 5.74) is 1.44. The first-order valence-electron chi connectivity index (χ1n) is 10.9. The van der Waals surface area contributed by atoms with Gasteiger partial charge in [0.1, 0.15) is 11.8 Å². The lowest BCUT2D eigenvalue weighted by Gasteiger charge is -2.23. The van der Waals surface area contributed by atoms with E-state index in [0.717, 1.165) is 12.8 Å². The minimum absolute atomic E-state index is 0.0600. The van der Waals surface area contributed by atoms with Crippen LogP contribution in [0.5, 0.6) is 5.75 Å². The Morgan fingerprint density at radius 3 is 2.47 bits per heavy atom. The van der Waals surface area contributed by atoms with E-state index in [1.165, 1.54) is 12.0 Å². The largest absolute Gasteiger partial charge is 0.495 e. The van der Waals surface area contributed by atoms with E-state index in [4.69, 9.17) is 33.3 Å². The summed E-state index contributed by atoms with van der Waals surface area (Å²) >= 11 is 11.9. The summed E-state index contributed by atoms with van der Waals surface area (Å²) < 4.78 is 10.2. The van der Waals surface area contributed by atoms with Gasteiger partial charge in [-0.3, -0.25) is 14.5 Å². The van der Waals surface area contributed by atoms with Gasteiger partial charge in [-0.25, -0.2) is 4.79 Å². The summed E-state index contributed by atoms with van der Waals surface area (Å²) in [5, 5.41) is 3.52. The molecule has 8 nitrogen and oxygen atoms in total. The van der Waals surface area contributed by atoms with Crippen LogP contribution in [0.25, 0.3) is 0 Å². The number of halogens is 1. The number of carbonyl (C=O) groups is 3. The standard InChI is InChI=1S/C24H24ClN3O5S/c1-3-33-23(31)14-4-6-15(7-5-14)26-21(29)13-19-22(30)28(24(34)27(19)16-8-9-16)17-10-11-20(32-2)18(25)12-17/h4-7,10-12,16,19H,3,8-9,13H2,1-2H3,(H,26,29)/t19-/m1/s1. The van der Waals surface area contributed by atoms with Crippen molar-refractivity contribution in [1.29, 1.82) is 0 Å². The molecule has 0 unspecified atom stereocenters. The minimum Gasteiger partial charge on any atom is -0.495 e. The van der Waals surface area contributed by atoms with E-state index in [1.807, 2.05) is 4.90 Å². The normalized spacial score (nSPS) is 17.7. The van der Waals surface area contributed by atoms with Crippen LogP contribution < -0.4 is 15.0 Å². The third kappa shape index (κ3) is 4.85. The number of methoxy groups -OCH3 is 1. The third-order valence-corrected chi connectivity index (χ3v) is 6.33. The Morgan fingerprint density at radius 2 is 1.88 bits per heavy atom. The van der Waals surface area contributed by atoms with Crippen LogP contribution in [0.15, 0.2) is 42.5 Å². The minimum atomic E-state index is -0.709. The average Bonchev–Trinajstić information content (AvgIpc) is 3.61. The summed E-state index contributed by atoms with van der Waals surface area (Å²) in [6.45, 7) is 2.02. The van der Waals surface area contributed by atoms with Crippen LogP contribution in [-0.2, 0) is 14.3 Å². The molecule has 1 saturated carbocycles. The van der Waals surface area contributed by atoms with Gasteiger partial charge in [0.05, 0.1) is 36.4 Å². The third-order valence-electron chi connectivity index (χ3n) is 5.65. The molecule has 1 atom stereocenters. The van der Waals surface area contributed by atoms with Crippen LogP contribution in [0, 0.1) is 0 Å². The summed E-state index contributed by atoms with van der Waals surface area (Å²) in [7, 11) is 1.51. The molecule has 4 rings (SSSR count). The molecule has 2 aromatic rings. The molecule has 2 amide bonds. The van der Waals surface area contributed by atoms with Crippen LogP contribution in [0.3, 0.4) is 0 Å². The Morgan fingerprint density at radius 1 is 1.18 bits per heavy atom. The lowest BCUT2D eigenvalue weighted by Crippen LogP contribution is -2.39. The maximum atomic E-state index is 13.4. The molecule has 0 spiro atoms. The van der Waals surface area contributed by atoms with Gasteiger partial charge in [0.2, 0.25) is 5.91 Å². The summed E-state index contributed by atoms with van der Waals surface area (Å²) in [6, 6.07) is 10.8. The fourth-order valence-electron chi connectivity index (χ4n) is 3.88. The Bertz CT molecular complexity index is 1140.